The maximum atomic E-state index is 12.6. The minimum absolute atomic E-state index is 0.245. The van der Waals surface area contributed by atoms with E-state index in [1.54, 1.807) is 12.3 Å². The average molecular weight is 341 g/mol. The molecule has 0 spiro atoms. The summed E-state index contributed by atoms with van der Waals surface area (Å²) in [6, 6.07) is 5.42. The predicted octanol–water partition coefficient (Wildman–Crippen LogP) is 2.62. The van der Waals surface area contributed by atoms with Crippen LogP contribution in [0.3, 0.4) is 0 Å². The largest absolute Gasteiger partial charge is 0.381 e. The van der Waals surface area contributed by atoms with Crippen LogP contribution in [0.5, 0.6) is 0 Å². The summed E-state index contributed by atoms with van der Waals surface area (Å²) in [5.74, 6) is 2.58. The molecule has 0 radical (unpaired) electrons. The van der Waals surface area contributed by atoms with Gasteiger partial charge in [0.2, 0.25) is 5.82 Å². The zero-order valence-corrected chi connectivity index (χ0v) is 14.2. The molecule has 4 rings (SSSR count). The summed E-state index contributed by atoms with van der Waals surface area (Å²) in [6.45, 7) is 2.44. The highest BCUT2D eigenvalue weighted by Crippen LogP contribution is 2.37. The molecular weight excluding hydrogens is 318 g/mol. The zero-order valence-electron chi connectivity index (χ0n) is 14.2. The van der Waals surface area contributed by atoms with Crippen molar-refractivity contribution >= 4 is 11.7 Å². The Labute approximate surface area is 146 Å². The monoisotopic (exact) mass is 341 g/mol. The number of hydrogen-bond donors (Lipinski definition) is 1. The summed E-state index contributed by atoms with van der Waals surface area (Å²) in [6.07, 6.45) is 7.10. The van der Waals surface area contributed by atoms with Gasteiger partial charge in [0, 0.05) is 31.9 Å². The molecule has 1 fully saturated rings. The Balaban J connectivity index is 1.59. The van der Waals surface area contributed by atoms with Gasteiger partial charge < -0.3 is 14.6 Å². The van der Waals surface area contributed by atoms with E-state index < -0.39 is 0 Å². The fourth-order valence-corrected chi connectivity index (χ4v) is 3.91. The van der Waals surface area contributed by atoms with Gasteiger partial charge in [0.15, 0.2) is 0 Å². The first-order valence-electron chi connectivity index (χ1n) is 9.06. The van der Waals surface area contributed by atoms with Crippen LogP contribution in [-0.2, 0) is 11.3 Å². The number of nitrogens with zero attached hydrogens (tertiary/aromatic N) is 4. The molecule has 2 aromatic heterocycles. The molecular formula is C18H23N5O2. The number of aromatic nitrogens is 4. The molecule has 1 amide bonds. The van der Waals surface area contributed by atoms with Crippen molar-refractivity contribution in [2.45, 2.75) is 44.6 Å². The van der Waals surface area contributed by atoms with Crippen molar-refractivity contribution in [3.05, 3.63) is 36.0 Å². The first-order chi connectivity index (χ1) is 12.3. The Morgan fingerprint density at radius 3 is 2.84 bits per heavy atom. The molecule has 1 atom stereocenters. The lowest BCUT2D eigenvalue weighted by Crippen LogP contribution is -2.24. The fourth-order valence-electron chi connectivity index (χ4n) is 3.91. The van der Waals surface area contributed by atoms with Crippen LogP contribution in [0.4, 0.5) is 5.82 Å². The quantitative estimate of drug-likeness (QED) is 0.928. The summed E-state index contributed by atoms with van der Waals surface area (Å²) in [5, 5.41) is 11.5. The molecule has 0 aromatic carbocycles. The molecule has 2 aliphatic rings. The van der Waals surface area contributed by atoms with E-state index in [0.29, 0.717) is 23.5 Å². The number of pyridine rings is 1. The molecule has 132 valence electrons. The van der Waals surface area contributed by atoms with Gasteiger partial charge in [0.05, 0.1) is 0 Å². The van der Waals surface area contributed by atoms with Crippen molar-refractivity contribution in [1.29, 1.82) is 0 Å². The topological polar surface area (TPSA) is 81.9 Å². The molecule has 0 saturated carbocycles. The smallest absolute Gasteiger partial charge is 0.294 e. The van der Waals surface area contributed by atoms with Crippen molar-refractivity contribution in [1.82, 2.24) is 19.7 Å². The molecule has 25 heavy (non-hydrogen) atoms. The summed E-state index contributed by atoms with van der Waals surface area (Å²) >= 11 is 0. The second kappa shape index (κ2) is 7.31. The van der Waals surface area contributed by atoms with E-state index in [-0.39, 0.29) is 5.91 Å². The van der Waals surface area contributed by atoms with E-state index in [1.165, 1.54) is 0 Å². The molecule has 1 N–H and O–H groups in total. The van der Waals surface area contributed by atoms with Crippen molar-refractivity contribution in [2.75, 3.05) is 18.5 Å². The molecule has 2 aromatic rings. The number of amides is 1. The summed E-state index contributed by atoms with van der Waals surface area (Å²) in [4.78, 5) is 16.8. The van der Waals surface area contributed by atoms with E-state index in [1.807, 2.05) is 16.7 Å². The molecule has 2 aliphatic heterocycles. The number of fused-ring (bicyclic) bond motifs is 1. The minimum atomic E-state index is -0.245. The van der Waals surface area contributed by atoms with Crippen LogP contribution in [0.2, 0.25) is 0 Å². The second-order valence-corrected chi connectivity index (χ2v) is 6.75. The van der Waals surface area contributed by atoms with E-state index in [4.69, 9.17) is 4.74 Å². The lowest BCUT2D eigenvalue weighted by molar-refractivity contribution is 0.0556. The Bertz CT molecular complexity index is 724. The van der Waals surface area contributed by atoms with Gasteiger partial charge in [-0.2, -0.15) is 0 Å². The number of carbonyl (C=O) groups is 1. The van der Waals surface area contributed by atoms with Gasteiger partial charge in [0.25, 0.3) is 5.91 Å². The zero-order chi connectivity index (χ0) is 17.1. The van der Waals surface area contributed by atoms with Crippen molar-refractivity contribution in [2.24, 2.45) is 5.92 Å². The van der Waals surface area contributed by atoms with E-state index >= 15 is 0 Å². The Hall–Kier alpha value is -2.28. The number of anilines is 1. The van der Waals surface area contributed by atoms with Crippen molar-refractivity contribution < 1.29 is 9.53 Å². The summed E-state index contributed by atoms with van der Waals surface area (Å²) in [5.41, 5.74) is 0. The lowest BCUT2D eigenvalue weighted by Gasteiger charge is -2.28. The highest BCUT2D eigenvalue weighted by atomic mass is 16.5. The standard InChI is InChI=1S/C18H23N5O2/c24-18(20-15-6-1-3-9-19-15)17-22-21-16-14(5-2-4-10-23(16)17)13-7-11-25-12-8-13/h1,3,6,9,13-14H,2,4-5,7-8,10-12H2,(H,19,20,24). The molecule has 1 unspecified atom stereocenters. The predicted molar refractivity (Wildman–Crippen MR) is 92.3 cm³/mol. The van der Waals surface area contributed by atoms with Crippen molar-refractivity contribution in [3.8, 4) is 0 Å². The first-order valence-corrected chi connectivity index (χ1v) is 9.06. The van der Waals surface area contributed by atoms with E-state index in [9.17, 15) is 4.79 Å². The Morgan fingerprint density at radius 2 is 2.04 bits per heavy atom. The van der Waals surface area contributed by atoms with Gasteiger partial charge in [-0.15, -0.1) is 10.2 Å². The number of rotatable bonds is 3. The maximum Gasteiger partial charge on any atom is 0.294 e. The molecule has 4 heterocycles. The third-order valence-corrected chi connectivity index (χ3v) is 5.20. The average Bonchev–Trinajstić information content (AvgIpc) is 2.96. The molecule has 0 aliphatic carbocycles. The van der Waals surface area contributed by atoms with Gasteiger partial charge in [-0.05, 0) is 43.7 Å². The van der Waals surface area contributed by atoms with Gasteiger partial charge in [-0.3, -0.25) is 4.79 Å². The summed E-state index contributed by atoms with van der Waals surface area (Å²) in [7, 11) is 0. The van der Waals surface area contributed by atoms with Gasteiger partial charge >= 0.3 is 0 Å². The van der Waals surface area contributed by atoms with Crippen LogP contribution in [0.25, 0.3) is 0 Å². The highest BCUT2D eigenvalue weighted by molar-refractivity contribution is 6.01. The number of ether oxygens (including phenoxy) is 1. The maximum absolute atomic E-state index is 12.6. The normalized spacial score (nSPS) is 21.4. The number of hydrogen-bond acceptors (Lipinski definition) is 5. The van der Waals surface area contributed by atoms with E-state index in [2.05, 4.69) is 20.5 Å². The van der Waals surface area contributed by atoms with Crippen molar-refractivity contribution in [3.63, 3.8) is 0 Å². The minimum Gasteiger partial charge on any atom is -0.381 e. The Kier molecular flexibility index (Phi) is 4.74. The third kappa shape index (κ3) is 3.42. The number of carbonyl (C=O) groups excluding carboxylic acids is 1. The number of nitrogens with one attached hydrogen (secondary N) is 1. The van der Waals surface area contributed by atoms with Gasteiger partial charge in [-0.25, -0.2) is 4.98 Å². The molecule has 1 saturated heterocycles. The van der Waals surface area contributed by atoms with Crippen LogP contribution in [-0.4, -0.2) is 38.9 Å². The van der Waals surface area contributed by atoms with Crippen LogP contribution in [0.1, 0.15) is 54.5 Å². The lowest BCUT2D eigenvalue weighted by atomic mass is 9.82. The first kappa shape index (κ1) is 16.2. The fraction of sp³-hybridized carbons (Fsp3) is 0.556. The molecule has 7 nitrogen and oxygen atoms in total. The van der Waals surface area contributed by atoms with Crippen LogP contribution in [0, 0.1) is 5.92 Å². The van der Waals surface area contributed by atoms with Gasteiger partial charge in [0.1, 0.15) is 11.6 Å². The van der Waals surface area contributed by atoms with Crippen LogP contribution < -0.4 is 5.32 Å². The van der Waals surface area contributed by atoms with Crippen LogP contribution >= 0.6 is 0 Å². The van der Waals surface area contributed by atoms with Crippen LogP contribution in [0.15, 0.2) is 24.4 Å². The van der Waals surface area contributed by atoms with Gasteiger partial charge in [-0.1, -0.05) is 12.5 Å². The highest BCUT2D eigenvalue weighted by Gasteiger charge is 2.32. The Morgan fingerprint density at radius 1 is 1.16 bits per heavy atom. The van der Waals surface area contributed by atoms with E-state index in [0.717, 1.165) is 57.7 Å². The third-order valence-electron chi connectivity index (χ3n) is 5.20. The molecule has 7 heteroatoms. The second-order valence-electron chi connectivity index (χ2n) is 6.75. The summed E-state index contributed by atoms with van der Waals surface area (Å²) < 4.78 is 7.52. The molecule has 0 bridgehead atoms. The SMILES string of the molecule is O=C(Nc1ccccn1)c1nnc2n1CCCCC2C1CCOCC1.